The van der Waals surface area contributed by atoms with Crippen molar-refractivity contribution in [3.05, 3.63) is 41.6 Å². The van der Waals surface area contributed by atoms with Crippen molar-refractivity contribution in [1.82, 2.24) is 9.78 Å². The van der Waals surface area contributed by atoms with E-state index in [9.17, 15) is 0 Å². The number of nitrogens with zero attached hydrogens (tertiary/aromatic N) is 2. The fourth-order valence-electron chi connectivity index (χ4n) is 1.39. The Kier molecular flexibility index (Phi) is 1.93. The molecular formula is C10H12N2O. The molecular weight excluding hydrogens is 164 g/mol. The molecule has 0 amide bonds. The highest BCUT2D eigenvalue weighted by molar-refractivity contribution is 5.09. The zero-order valence-corrected chi connectivity index (χ0v) is 7.82. The molecule has 0 bridgehead atoms. The van der Waals surface area contributed by atoms with Gasteiger partial charge < -0.3 is 4.42 Å². The molecule has 0 saturated carbocycles. The monoisotopic (exact) mass is 176 g/mol. The number of hydrogen-bond donors (Lipinski definition) is 0. The van der Waals surface area contributed by atoms with Crippen LogP contribution in [-0.2, 0) is 6.54 Å². The van der Waals surface area contributed by atoms with Crippen LogP contribution in [0.4, 0.5) is 0 Å². The molecule has 0 radical (unpaired) electrons. The Hall–Kier alpha value is -1.51. The van der Waals surface area contributed by atoms with E-state index < -0.39 is 0 Å². The normalized spacial score (nSPS) is 10.6. The van der Waals surface area contributed by atoms with E-state index in [-0.39, 0.29) is 0 Å². The van der Waals surface area contributed by atoms with Gasteiger partial charge in [-0.3, -0.25) is 4.68 Å². The van der Waals surface area contributed by atoms with Gasteiger partial charge in [-0.25, -0.2) is 0 Å². The molecule has 2 heterocycles. The molecule has 2 aromatic rings. The van der Waals surface area contributed by atoms with Crippen LogP contribution in [0, 0.1) is 13.8 Å². The Balaban J connectivity index is 2.23. The van der Waals surface area contributed by atoms with E-state index in [4.69, 9.17) is 4.42 Å². The molecule has 0 aromatic carbocycles. The highest BCUT2D eigenvalue weighted by Crippen LogP contribution is 2.07. The minimum absolute atomic E-state index is 0.715. The van der Waals surface area contributed by atoms with Gasteiger partial charge in [-0.1, -0.05) is 0 Å². The third-order valence-electron chi connectivity index (χ3n) is 1.99. The molecule has 0 aliphatic heterocycles. The first-order valence-electron chi connectivity index (χ1n) is 4.29. The van der Waals surface area contributed by atoms with Gasteiger partial charge in [0.15, 0.2) is 0 Å². The average molecular weight is 176 g/mol. The van der Waals surface area contributed by atoms with Gasteiger partial charge in [0, 0.05) is 5.69 Å². The van der Waals surface area contributed by atoms with Gasteiger partial charge in [0.05, 0.1) is 18.5 Å². The molecule has 3 nitrogen and oxygen atoms in total. The summed E-state index contributed by atoms with van der Waals surface area (Å²) in [6.07, 6.45) is 1.68. The van der Waals surface area contributed by atoms with E-state index in [0.29, 0.717) is 6.54 Å². The second kappa shape index (κ2) is 3.09. The molecule has 2 aromatic heterocycles. The predicted octanol–water partition coefficient (Wildman–Crippen LogP) is 2.14. The summed E-state index contributed by atoms with van der Waals surface area (Å²) in [4.78, 5) is 0. The largest absolute Gasteiger partial charge is 0.467 e. The first kappa shape index (κ1) is 8.10. The molecule has 0 N–H and O–H groups in total. The Morgan fingerprint density at radius 3 is 2.85 bits per heavy atom. The fraction of sp³-hybridized carbons (Fsp3) is 0.300. The lowest BCUT2D eigenvalue weighted by Gasteiger charge is -2.00. The molecule has 0 fully saturated rings. The van der Waals surface area contributed by atoms with Crippen LogP contribution in [0.3, 0.4) is 0 Å². The van der Waals surface area contributed by atoms with Crippen molar-refractivity contribution in [2.45, 2.75) is 20.4 Å². The Morgan fingerprint density at radius 2 is 2.31 bits per heavy atom. The highest BCUT2D eigenvalue weighted by atomic mass is 16.3. The van der Waals surface area contributed by atoms with Gasteiger partial charge in [-0.2, -0.15) is 5.10 Å². The molecule has 13 heavy (non-hydrogen) atoms. The number of furan rings is 1. The molecule has 0 aliphatic carbocycles. The van der Waals surface area contributed by atoms with E-state index >= 15 is 0 Å². The first-order chi connectivity index (χ1) is 6.25. The number of aryl methyl sites for hydroxylation is 2. The van der Waals surface area contributed by atoms with Crippen molar-refractivity contribution in [3.63, 3.8) is 0 Å². The number of rotatable bonds is 2. The summed E-state index contributed by atoms with van der Waals surface area (Å²) >= 11 is 0. The molecule has 0 spiro atoms. The number of aromatic nitrogens is 2. The SMILES string of the molecule is Cc1cc(C)n(Cc2ccco2)n1. The van der Waals surface area contributed by atoms with Crippen LogP contribution in [0.2, 0.25) is 0 Å². The van der Waals surface area contributed by atoms with Crippen molar-refractivity contribution in [1.29, 1.82) is 0 Å². The number of hydrogen-bond acceptors (Lipinski definition) is 2. The van der Waals surface area contributed by atoms with Gasteiger partial charge in [0.2, 0.25) is 0 Å². The summed E-state index contributed by atoms with van der Waals surface area (Å²) in [5.41, 5.74) is 2.21. The smallest absolute Gasteiger partial charge is 0.125 e. The van der Waals surface area contributed by atoms with Crippen molar-refractivity contribution in [2.75, 3.05) is 0 Å². The maximum absolute atomic E-state index is 5.24. The Morgan fingerprint density at radius 1 is 1.46 bits per heavy atom. The Bertz CT molecular complexity index is 387. The summed E-state index contributed by atoms with van der Waals surface area (Å²) in [6, 6.07) is 5.90. The summed E-state index contributed by atoms with van der Waals surface area (Å²) in [6.45, 7) is 4.75. The van der Waals surface area contributed by atoms with E-state index in [1.165, 1.54) is 0 Å². The minimum Gasteiger partial charge on any atom is -0.467 e. The molecule has 3 heteroatoms. The topological polar surface area (TPSA) is 31.0 Å². The molecule has 0 atom stereocenters. The third-order valence-corrected chi connectivity index (χ3v) is 1.99. The summed E-state index contributed by atoms with van der Waals surface area (Å²) < 4.78 is 7.18. The maximum Gasteiger partial charge on any atom is 0.125 e. The van der Waals surface area contributed by atoms with Crippen molar-refractivity contribution >= 4 is 0 Å². The van der Waals surface area contributed by atoms with Crippen molar-refractivity contribution < 1.29 is 4.42 Å². The maximum atomic E-state index is 5.24. The first-order valence-corrected chi connectivity index (χ1v) is 4.29. The van der Waals surface area contributed by atoms with Gasteiger partial charge in [0.1, 0.15) is 5.76 Å². The summed E-state index contributed by atoms with van der Waals surface area (Å²) in [5.74, 6) is 0.936. The summed E-state index contributed by atoms with van der Waals surface area (Å²) in [5, 5.41) is 4.34. The van der Waals surface area contributed by atoms with E-state index in [2.05, 4.69) is 11.2 Å². The van der Waals surface area contributed by atoms with Gasteiger partial charge in [0.25, 0.3) is 0 Å². The average Bonchev–Trinajstić information content (AvgIpc) is 2.63. The van der Waals surface area contributed by atoms with Crippen LogP contribution in [0.1, 0.15) is 17.1 Å². The zero-order chi connectivity index (χ0) is 9.26. The quantitative estimate of drug-likeness (QED) is 0.702. The van der Waals surface area contributed by atoms with Crippen LogP contribution in [-0.4, -0.2) is 9.78 Å². The molecule has 0 saturated heterocycles. The summed E-state index contributed by atoms with van der Waals surface area (Å²) in [7, 11) is 0. The second-order valence-electron chi connectivity index (χ2n) is 3.16. The van der Waals surface area contributed by atoms with Gasteiger partial charge in [-0.05, 0) is 32.0 Å². The predicted molar refractivity (Wildman–Crippen MR) is 49.5 cm³/mol. The van der Waals surface area contributed by atoms with Crippen molar-refractivity contribution in [2.24, 2.45) is 0 Å². The van der Waals surface area contributed by atoms with Gasteiger partial charge >= 0.3 is 0 Å². The molecule has 0 aliphatic rings. The van der Waals surface area contributed by atoms with Crippen molar-refractivity contribution in [3.8, 4) is 0 Å². The van der Waals surface area contributed by atoms with Crippen LogP contribution in [0.5, 0.6) is 0 Å². The van der Waals surface area contributed by atoms with Crippen LogP contribution in [0.25, 0.3) is 0 Å². The van der Waals surface area contributed by atoms with E-state index in [0.717, 1.165) is 17.1 Å². The standard InChI is InChI=1S/C10H12N2O/c1-8-6-9(2)12(11-8)7-10-4-3-5-13-10/h3-6H,7H2,1-2H3. The highest BCUT2D eigenvalue weighted by Gasteiger charge is 2.02. The molecule has 0 unspecified atom stereocenters. The zero-order valence-electron chi connectivity index (χ0n) is 7.82. The van der Waals surface area contributed by atoms with Crippen LogP contribution in [0.15, 0.2) is 28.9 Å². The van der Waals surface area contributed by atoms with Gasteiger partial charge in [-0.15, -0.1) is 0 Å². The minimum atomic E-state index is 0.715. The lowest BCUT2D eigenvalue weighted by molar-refractivity contribution is 0.475. The van der Waals surface area contributed by atoms with Crippen LogP contribution < -0.4 is 0 Å². The Labute approximate surface area is 77.0 Å². The second-order valence-corrected chi connectivity index (χ2v) is 3.16. The molecule has 2 rings (SSSR count). The fourth-order valence-corrected chi connectivity index (χ4v) is 1.39. The third kappa shape index (κ3) is 1.64. The molecule has 68 valence electrons. The van der Waals surface area contributed by atoms with Crippen LogP contribution >= 0.6 is 0 Å². The van der Waals surface area contributed by atoms with E-state index in [1.54, 1.807) is 6.26 Å². The lowest BCUT2D eigenvalue weighted by Crippen LogP contribution is -2.02. The van der Waals surface area contributed by atoms with E-state index in [1.807, 2.05) is 30.7 Å². The lowest BCUT2D eigenvalue weighted by atomic mass is 10.4.